The maximum Gasteiger partial charge on any atom is 0.339 e. The second-order valence-corrected chi connectivity index (χ2v) is 7.88. The molecule has 3 aromatic carbocycles. The highest BCUT2D eigenvalue weighted by atomic mass is 35.5. The van der Waals surface area contributed by atoms with Gasteiger partial charge in [0.15, 0.2) is 12.4 Å². The normalized spacial score (nSPS) is 10.5. The first-order valence-electron chi connectivity index (χ1n) is 9.93. The molecule has 4 rings (SSSR count). The van der Waals surface area contributed by atoms with E-state index in [0.717, 1.165) is 0 Å². The van der Waals surface area contributed by atoms with Crippen LogP contribution in [0.4, 0.5) is 5.69 Å². The molecule has 4 aromatic rings. The molecule has 0 unspecified atom stereocenters. The van der Waals surface area contributed by atoms with E-state index in [4.69, 9.17) is 27.9 Å². The van der Waals surface area contributed by atoms with Crippen molar-refractivity contribution in [3.8, 4) is 5.69 Å². The number of carbonyl (C=O) groups excluding carboxylic acids is 3. The standard InChI is InChI=1S/C24H16Cl2N4O4/c25-16-7-5-15(6-8-16)23(32)18-3-1-2-4-19(18)24(33)34-12-22(31)29-20-11-17(26)9-10-21(20)30-14-27-13-28-30/h1-11,13-14H,12H2,(H,29,31). The molecule has 0 fully saturated rings. The van der Waals surface area contributed by atoms with Gasteiger partial charge in [-0.2, -0.15) is 5.10 Å². The van der Waals surface area contributed by atoms with E-state index < -0.39 is 18.5 Å². The van der Waals surface area contributed by atoms with Crippen molar-refractivity contribution in [1.29, 1.82) is 0 Å². The molecule has 34 heavy (non-hydrogen) atoms. The van der Waals surface area contributed by atoms with Crippen LogP contribution in [-0.2, 0) is 9.53 Å². The number of carbonyl (C=O) groups is 3. The first kappa shape index (κ1) is 23.2. The summed E-state index contributed by atoms with van der Waals surface area (Å²) >= 11 is 11.9. The van der Waals surface area contributed by atoms with Gasteiger partial charge in [-0.25, -0.2) is 14.5 Å². The molecule has 10 heteroatoms. The minimum Gasteiger partial charge on any atom is -0.452 e. The van der Waals surface area contributed by atoms with Gasteiger partial charge in [0.1, 0.15) is 12.7 Å². The van der Waals surface area contributed by atoms with E-state index in [9.17, 15) is 14.4 Å². The third-order valence-corrected chi connectivity index (χ3v) is 5.22. The van der Waals surface area contributed by atoms with Gasteiger partial charge in [0, 0.05) is 21.2 Å². The molecule has 1 aromatic heterocycles. The van der Waals surface area contributed by atoms with Crippen molar-refractivity contribution in [3.05, 3.63) is 106 Å². The summed E-state index contributed by atoms with van der Waals surface area (Å²) in [5, 5.41) is 7.57. The predicted octanol–water partition coefficient (Wildman–Crippen LogP) is 4.60. The fraction of sp³-hybridized carbons (Fsp3) is 0.0417. The van der Waals surface area contributed by atoms with Gasteiger partial charge in [-0.15, -0.1) is 0 Å². The summed E-state index contributed by atoms with van der Waals surface area (Å²) in [4.78, 5) is 42.0. The van der Waals surface area contributed by atoms with E-state index in [1.807, 2.05) is 0 Å². The van der Waals surface area contributed by atoms with Crippen LogP contribution in [-0.4, -0.2) is 39.0 Å². The number of esters is 1. The fourth-order valence-electron chi connectivity index (χ4n) is 3.15. The number of ketones is 1. The Balaban J connectivity index is 1.46. The molecule has 1 amide bonds. The van der Waals surface area contributed by atoms with E-state index in [0.29, 0.717) is 27.0 Å². The number of ether oxygens (including phenoxy) is 1. The second kappa shape index (κ2) is 10.3. The monoisotopic (exact) mass is 494 g/mol. The van der Waals surface area contributed by atoms with Crippen LogP contribution < -0.4 is 5.32 Å². The highest BCUT2D eigenvalue weighted by Crippen LogP contribution is 2.24. The summed E-state index contributed by atoms with van der Waals surface area (Å²) in [5.74, 6) is -1.78. The molecule has 170 valence electrons. The number of halogens is 2. The topological polar surface area (TPSA) is 103 Å². The Morgan fingerprint density at radius 2 is 1.62 bits per heavy atom. The molecule has 1 N–H and O–H groups in total. The number of rotatable bonds is 7. The summed E-state index contributed by atoms with van der Waals surface area (Å²) in [6.45, 7) is -0.578. The zero-order chi connectivity index (χ0) is 24.1. The minimum absolute atomic E-state index is 0.0429. The Bertz CT molecular complexity index is 1360. The van der Waals surface area contributed by atoms with Crippen molar-refractivity contribution in [3.63, 3.8) is 0 Å². The van der Waals surface area contributed by atoms with E-state index in [2.05, 4.69) is 15.4 Å². The Morgan fingerprint density at radius 1 is 0.912 bits per heavy atom. The number of benzene rings is 3. The van der Waals surface area contributed by atoms with E-state index in [1.165, 1.54) is 29.5 Å². The van der Waals surface area contributed by atoms with Crippen molar-refractivity contribution in [2.45, 2.75) is 0 Å². The first-order chi connectivity index (χ1) is 16.4. The third-order valence-electron chi connectivity index (χ3n) is 4.73. The Morgan fingerprint density at radius 3 is 2.32 bits per heavy atom. The highest BCUT2D eigenvalue weighted by molar-refractivity contribution is 6.31. The summed E-state index contributed by atoms with van der Waals surface area (Å²) in [6, 6.07) is 17.4. The summed E-state index contributed by atoms with van der Waals surface area (Å²) in [7, 11) is 0. The van der Waals surface area contributed by atoms with Crippen LogP contribution in [0.1, 0.15) is 26.3 Å². The molecule has 0 aliphatic rings. The van der Waals surface area contributed by atoms with E-state index in [1.54, 1.807) is 54.6 Å². The molecule has 0 saturated heterocycles. The molecule has 0 aliphatic heterocycles. The van der Waals surface area contributed by atoms with Gasteiger partial charge in [0.05, 0.1) is 16.9 Å². The second-order valence-electron chi connectivity index (χ2n) is 7.01. The van der Waals surface area contributed by atoms with Gasteiger partial charge in [0.2, 0.25) is 0 Å². The molecule has 0 radical (unpaired) electrons. The van der Waals surface area contributed by atoms with Gasteiger partial charge >= 0.3 is 5.97 Å². The maximum absolute atomic E-state index is 12.9. The van der Waals surface area contributed by atoms with Crippen LogP contribution in [0.25, 0.3) is 5.69 Å². The Hall–Kier alpha value is -4.01. The smallest absolute Gasteiger partial charge is 0.339 e. The fourth-order valence-corrected chi connectivity index (χ4v) is 3.45. The van der Waals surface area contributed by atoms with Gasteiger partial charge in [-0.3, -0.25) is 9.59 Å². The molecule has 8 nitrogen and oxygen atoms in total. The number of nitrogens with zero attached hydrogens (tertiary/aromatic N) is 3. The molecular weight excluding hydrogens is 479 g/mol. The van der Waals surface area contributed by atoms with Crippen LogP contribution in [0.3, 0.4) is 0 Å². The zero-order valence-electron chi connectivity index (χ0n) is 17.4. The number of anilines is 1. The van der Waals surface area contributed by atoms with Crippen molar-refractivity contribution >= 4 is 46.5 Å². The lowest BCUT2D eigenvalue weighted by molar-refractivity contribution is -0.119. The van der Waals surface area contributed by atoms with Gasteiger partial charge in [-0.1, -0.05) is 41.4 Å². The minimum atomic E-state index is -0.810. The molecule has 0 spiro atoms. The number of aromatic nitrogens is 3. The largest absolute Gasteiger partial charge is 0.452 e. The number of amides is 1. The van der Waals surface area contributed by atoms with Crippen molar-refractivity contribution in [2.24, 2.45) is 0 Å². The van der Waals surface area contributed by atoms with Crippen molar-refractivity contribution < 1.29 is 19.1 Å². The average Bonchev–Trinajstić information content (AvgIpc) is 3.37. The number of hydrogen-bond donors (Lipinski definition) is 1. The van der Waals surface area contributed by atoms with Crippen LogP contribution in [0.15, 0.2) is 79.4 Å². The quantitative estimate of drug-likeness (QED) is 0.297. The SMILES string of the molecule is O=C(COC(=O)c1ccccc1C(=O)c1ccc(Cl)cc1)Nc1cc(Cl)ccc1-n1cncn1. The van der Waals surface area contributed by atoms with Gasteiger partial charge in [0.25, 0.3) is 5.91 Å². The van der Waals surface area contributed by atoms with Crippen LogP contribution in [0, 0.1) is 0 Å². The van der Waals surface area contributed by atoms with Crippen LogP contribution >= 0.6 is 23.2 Å². The highest BCUT2D eigenvalue weighted by Gasteiger charge is 2.20. The summed E-state index contributed by atoms with van der Waals surface area (Å²) in [5.41, 5.74) is 1.45. The van der Waals surface area contributed by atoms with Gasteiger partial charge < -0.3 is 10.1 Å². The van der Waals surface area contributed by atoms with E-state index >= 15 is 0 Å². The maximum atomic E-state index is 12.9. The van der Waals surface area contributed by atoms with E-state index in [-0.39, 0.29) is 16.9 Å². The van der Waals surface area contributed by atoms with Crippen molar-refractivity contribution in [1.82, 2.24) is 14.8 Å². The molecule has 0 atom stereocenters. The molecule has 0 aliphatic carbocycles. The number of hydrogen-bond acceptors (Lipinski definition) is 6. The van der Waals surface area contributed by atoms with Gasteiger partial charge in [-0.05, 0) is 48.5 Å². The average molecular weight is 495 g/mol. The third kappa shape index (κ3) is 5.31. The Kier molecular flexibility index (Phi) is 7.01. The van der Waals surface area contributed by atoms with Crippen LogP contribution in [0.5, 0.6) is 0 Å². The summed E-state index contributed by atoms with van der Waals surface area (Å²) in [6.07, 6.45) is 2.82. The lowest BCUT2D eigenvalue weighted by atomic mass is 9.98. The lowest BCUT2D eigenvalue weighted by Crippen LogP contribution is -2.22. The zero-order valence-corrected chi connectivity index (χ0v) is 19.0. The van der Waals surface area contributed by atoms with Crippen molar-refractivity contribution in [2.75, 3.05) is 11.9 Å². The predicted molar refractivity (Wildman–Crippen MR) is 127 cm³/mol. The lowest BCUT2D eigenvalue weighted by Gasteiger charge is -2.12. The Labute approximate surface area is 204 Å². The van der Waals surface area contributed by atoms with Crippen LogP contribution in [0.2, 0.25) is 10.0 Å². The molecule has 0 bridgehead atoms. The molecular formula is C24H16Cl2N4O4. The first-order valence-corrected chi connectivity index (χ1v) is 10.7. The number of nitrogens with one attached hydrogen (secondary N) is 1. The molecule has 1 heterocycles. The molecule has 0 saturated carbocycles. The summed E-state index contributed by atoms with van der Waals surface area (Å²) < 4.78 is 6.63.